The maximum atomic E-state index is 5.60. The molecule has 0 radical (unpaired) electrons. The fourth-order valence-electron chi connectivity index (χ4n) is 1.99. The van der Waals surface area contributed by atoms with E-state index >= 15 is 0 Å². The van der Waals surface area contributed by atoms with E-state index < -0.39 is 0 Å². The Hall–Kier alpha value is -2.60. The third kappa shape index (κ3) is 2.09. The number of hydrogen-bond acceptors (Lipinski definition) is 5. The predicted octanol–water partition coefficient (Wildman–Crippen LogP) is 2.18. The van der Waals surface area contributed by atoms with Crippen LogP contribution in [0.3, 0.4) is 0 Å². The molecule has 6 nitrogen and oxygen atoms in total. The lowest BCUT2D eigenvalue weighted by molar-refractivity contribution is 0.271. The van der Waals surface area contributed by atoms with Crippen LogP contribution < -0.4 is 11.2 Å². The first-order valence-corrected chi connectivity index (χ1v) is 5.76. The van der Waals surface area contributed by atoms with Gasteiger partial charge in [0.05, 0.1) is 24.5 Å². The van der Waals surface area contributed by atoms with E-state index in [1.165, 1.54) is 0 Å². The zero-order valence-corrected chi connectivity index (χ0v) is 10.3. The molecule has 4 N–H and O–H groups in total. The molecule has 0 aliphatic carbocycles. The quantitative estimate of drug-likeness (QED) is 0.624. The van der Waals surface area contributed by atoms with Crippen LogP contribution in [0.15, 0.2) is 36.7 Å². The lowest BCUT2D eigenvalue weighted by Crippen LogP contribution is -1.97. The molecule has 0 amide bonds. The minimum Gasteiger partial charge on any atom is -0.384 e. The summed E-state index contributed by atoms with van der Waals surface area (Å²) >= 11 is 0. The van der Waals surface area contributed by atoms with Crippen molar-refractivity contribution in [3.05, 3.63) is 36.7 Å². The fourth-order valence-corrected chi connectivity index (χ4v) is 1.99. The summed E-state index contributed by atoms with van der Waals surface area (Å²) in [5.41, 5.74) is 12.2. The molecule has 0 aliphatic rings. The topological polar surface area (TPSA) is 88.8 Å². The van der Waals surface area contributed by atoms with Gasteiger partial charge in [-0.2, -0.15) is 5.10 Å². The first kappa shape index (κ1) is 11.5. The zero-order chi connectivity index (χ0) is 13.2. The molecule has 0 unspecified atom stereocenters. The minimum absolute atomic E-state index is 0.503. The molecule has 3 aromatic rings. The van der Waals surface area contributed by atoms with Crippen LogP contribution in [-0.2, 0) is 4.84 Å². The Morgan fingerprint density at radius 2 is 2.11 bits per heavy atom. The largest absolute Gasteiger partial charge is 0.384 e. The van der Waals surface area contributed by atoms with Gasteiger partial charge in [-0.15, -0.1) is 0 Å². The van der Waals surface area contributed by atoms with Gasteiger partial charge in [0.15, 0.2) is 0 Å². The highest BCUT2D eigenvalue weighted by Gasteiger charge is 2.07. The zero-order valence-electron chi connectivity index (χ0n) is 10.3. The third-order valence-electron chi connectivity index (χ3n) is 2.88. The molecule has 0 saturated heterocycles. The van der Waals surface area contributed by atoms with Crippen molar-refractivity contribution in [2.75, 3.05) is 18.3 Å². The highest BCUT2D eigenvalue weighted by atomic mass is 16.6. The Labute approximate surface area is 109 Å². The lowest BCUT2D eigenvalue weighted by atomic mass is 10.0. The van der Waals surface area contributed by atoms with Crippen molar-refractivity contribution in [3.8, 4) is 11.1 Å². The maximum Gasteiger partial charge on any atom is 0.123 e. The average Bonchev–Trinajstić information content (AvgIpc) is 2.88. The van der Waals surface area contributed by atoms with Crippen LogP contribution in [0.4, 0.5) is 11.5 Å². The summed E-state index contributed by atoms with van der Waals surface area (Å²) in [7, 11) is 1.57. The number of nitrogens with zero attached hydrogens (tertiary/aromatic N) is 2. The monoisotopic (exact) mass is 255 g/mol. The number of aromatic nitrogens is 3. The molecule has 0 aliphatic heterocycles. The van der Waals surface area contributed by atoms with E-state index in [1.54, 1.807) is 25.6 Å². The third-order valence-corrected chi connectivity index (χ3v) is 2.88. The molecule has 0 spiro atoms. The summed E-state index contributed by atoms with van der Waals surface area (Å²) in [5, 5.41) is 7.96. The number of nitrogen functional groups attached to an aromatic ring is 1. The van der Waals surface area contributed by atoms with E-state index in [-0.39, 0.29) is 0 Å². The second-order valence-electron chi connectivity index (χ2n) is 4.14. The number of nitrogens with two attached hydrogens (primary N) is 1. The first-order chi connectivity index (χ1) is 9.28. The van der Waals surface area contributed by atoms with Gasteiger partial charge in [-0.3, -0.25) is 15.4 Å². The van der Waals surface area contributed by atoms with Crippen LogP contribution >= 0.6 is 0 Å². The SMILES string of the molecule is CONc1cc(-c2ccc(N)nc2)cc2cn[nH]c12. The molecule has 2 aromatic heterocycles. The van der Waals surface area contributed by atoms with Crippen LogP contribution in [0.2, 0.25) is 0 Å². The van der Waals surface area contributed by atoms with Gasteiger partial charge in [0.1, 0.15) is 5.82 Å². The van der Waals surface area contributed by atoms with Crippen molar-refractivity contribution in [1.82, 2.24) is 15.2 Å². The Kier molecular flexibility index (Phi) is 2.77. The molecule has 19 heavy (non-hydrogen) atoms. The second-order valence-corrected chi connectivity index (χ2v) is 4.14. The molecule has 96 valence electrons. The van der Waals surface area contributed by atoms with Crippen LogP contribution in [0.5, 0.6) is 0 Å². The van der Waals surface area contributed by atoms with Crippen LogP contribution in [0.1, 0.15) is 0 Å². The number of hydrogen-bond donors (Lipinski definition) is 3. The van der Waals surface area contributed by atoms with Crippen molar-refractivity contribution in [2.45, 2.75) is 0 Å². The maximum absolute atomic E-state index is 5.60. The van der Waals surface area contributed by atoms with Crippen molar-refractivity contribution < 1.29 is 4.84 Å². The summed E-state index contributed by atoms with van der Waals surface area (Å²) in [5.74, 6) is 0.503. The molecular formula is C13H13N5O. The van der Waals surface area contributed by atoms with Crippen molar-refractivity contribution in [1.29, 1.82) is 0 Å². The van der Waals surface area contributed by atoms with E-state index in [0.29, 0.717) is 5.82 Å². The summed E-state index contributed by atoms with van der Waals surface area (Å²) in [6.45, 7) is 0. The number of rotatable bonds is 3. The van der Waals surface area contributed by atoms with E-state index in [4.69, 9.17) is 10.6 Å². The normalized spacial score (nSPS) is 10.8. The summed E-state index contributed by atoms with van der Waals surface area (Å²) in [6, 6.07) is 7.71. The van der Waals surface area contributed by atoms with Gasteiger partial charge in [0.25, 0.3) is 0 Å². The van der Waals surface area contributed by atoms with Gasteiger partial charge in [-0.25, -0.2) is 4.98 Å². The lowest BCUT2D eigenvalue weighted by Gasteiger charge is -2.08. The van der Waals surface area contributed by atoms with Crippen LogP contribution in [-0.4, -0.2) is 22.3 Å². The highest BCUT2D eigenvalue weighted by molar-refractivity contribution is 5.94. The van der Waals surface area contributed by atoms with E-state index in [2.05, 4.69) is 20.7 Å². The Bertz CT molecular complexity index is 705. The summed E-state index contributed by atoms with van der Waals surface area (Å²) < 4.78 is 0. The standard InChI is InChI=1S/C13H13N5O/c1-19-18-11-5-9(4-10-7-16-17-13(10)11)8-2-3-12(14)15-6-8/h2-7,18H,1H3,(H2,14,15)(H,16,17). The molecule has 3 rings (SSSR count). The number of nitrogens with one attached hydrogen (secondary N) is 2. The summed E-state index contributed by atoms with van der Waals surface area (Å²) in [4.78, 5) is 9.08. The molecule has 0 saturated carbocycles. The predicted molar refractivity (Wildman–Crippen MR) is 74.4 cm³/mol. The molecule has 0 bridgehead atoms. The van der Waals surface area contributed by atoms with E-state index in [1.807, 2.05) is 18.2 Å². The van der Waals surface area contributed by atoms with Gasteiger partial charge < -0.3 is 5.73 Å². The number of aromatic amines is 1. The second kappa shape index (κ2) is 4.58. The number of benzene rings is 1. The van der Waals surface area contributed by atoms with E-state index in [9.17, 15) is 0 Å². The van der Waals surface area contributed by atoms with Gasteiger partial charge in [0, 0.05) is 17.1 Å². The first-order valence-electron chi connectivity index (χ1n) is 5.76. The Morgan fingerprint density at radius 1 is 1.21 bits per heavy atom. The van der Waals surface area contributed by atoms with Gasteiger partial charge in [-0.1, -0.05) is 0 Å². The molecular weight excluding hydrogens is 242 g/mol. The Balaban J connectivity index is 2.15. The van der Waals surface area contributed by atoms with Gasteiger partial charge >= 0.3 is 0 Å². The number of fused-ring (bicyclic) bond motifs is 1. The average molecular weight is 255 g/mol. The molecule has 2 heterocycles. The van der Waals surface area contributed by atoms with Crippen LogP contribution in [0, 0.1) is 0 Å². The van der Waals surface area contributed by atoms with E-state index in [0.717, 1.165) is 27.7 Å². The van der Waals surface area contributed by atoms with Gasteiger partial charge in [0.2, 0.25) is 0 Å². The highest BCUT2D eigenvalue weighted by Crippen LogP contribution is 2.29. The van der Waals surface area contributed by atoms with Crippen molar-refractivity contribution >= 4 is 22.4 Å². The number of H-pyrrole nitrogens is 1. The number of pyridine rings is 1. The fraction of sp³-hybridized carbons (Fsp3) is 0.0769. The van der Waals surface area contributed by atoms with Crippen molar-refractivity contribution in [3.63, 3.8) is 0 Å². The number of anilines is 2. The molecule has 0 fully saturated rings. The minimum atomic E-state index is 0.503. The summed E-state index contributed by atoms with van der Waals surface area (Å²) in [6.07, 6.45) is 3.51. The Morgan fingerprint density at radius 3 is 2.84 bits per heavy atom. The molecule has 1 aromatic carbocycles. The smallest absolute Gasteiger partial charge is 0.123 e. The molecule has 6 heteroatoms. The van der Waals surface area contributed by atoms with Crippen molar-refractivity contribution in [2.24, 2.45) is 0 Å². The molecule has 0 atom stereocenters. The van der Waals surface area contributed by atoms with Crippen LogP contribution in [0.25, 0.3) is 22.0 Å². The van der Waals surface area contributed by atoms with Gasteiger partial charge in [-0.05, 0) is 29.8 Å².